The standard InChI is InChI=1S/C15H10O3S/c16-13-7-9-3-1-2-4-10(9)12(8-14(17)18)11-5-6-19-15(11)13/h1-8,16H,(H,17,18)/b12-8-. The summed E-state index contributed by atoms with van der Waals surface area (Å²) in [5.74, 6) is -0.824. The molecule has 19 heavy (non-hydrogen) atoms. The third-order valence-corrected chi connectivity index (χ3v) is 3.94. The van der Waals surface area contributed by atoms with Gasteiger partial charge in [-0.25, -0.2) is 4.79 Å². The van der Waals surface area contributed by atoms with Gasteiger partial charge in [0.1, 0.15) is 5.76 Å². The van der Waals surface area contributed by atoms with Crippen molar-refractivity contribution < 1.29 is 15.0 Å². The summed E-state index contributed by atoms with van der Waals surface area (Å²) < 4.78 is 0. The van der Waals surface area contributed by atoms with Gasteiger partial charge < -0.3 is 10.2 Å². The third kappa shape index (κ3) is 1.96. The highest BCUT2D eigenvalue weighted by Gasteiger charge is 2.20. The van der Waals surface area contributed by atoms with Crippen LogP contribution >= 0.6 is 11.3 Å². The normalized spacial score (nSPS) is 15.4. The van der Waals surface area contributed by atoms with Crippen molar-refractivity contribution in [3.63, 3.8) is 0 Å². The molecule has 1 heterocycles. The molecule has 0 saturated heterocycles. The van der Waals surface area contributed by atoms with Crippen LogP contribution in [-0.2, 0) is 4.79 Å². The van der Waals surface area contributed by atoms with E-state index >= 15 is 0 Å². The number of rotatable bonds is 1. The molecule has 0 atom stereocenters. The van der Waals surface area contributed by atoms with Crippen LogP contribution in [0.3, 0.4) is 0 Å². The second-order valence-corrected chi connectivity index (χ2v) is 5.09. The Morgan fingerprint density at radius 1 is 1.16 bits per heavy atom. The topological polar surface area (TPSA) is 57.5 Å². The molecule has 0 amide bonds. The Morgan fingerprint density at radius 3 is 2.74 bits per heavy atom. The Kier molecular flexibility index (Phi) is 2.72. The Labute approximate surface area is 113 Å². The highest BCUT2D eigenvalue weighted by Crippen LogP contribution is 2.38. The summed E-state index contributed by atoms with van der Waals surface area (Å²) in [5, 5.41) is 21.0. The second-order valence-electron chi connectivity index (χ2n) is 4.18. The van der Waals surface area contributed by atoms with Crippen LogP contribution < -0.4 is 0 Å². The van der Waals surface area contributed by atoms with Crippen molar-refractivity contribution in [2.75, 3.05) is 0 Å². The molecule has 1 aliphatic carbocycles. The predicted octanol–water partition coefficient (Wildman–Crippen LogP) is 3.63. The maximum absolute atomic E-state index is 11.1. The van der Waals surface area contributed by atoms with Crippen LogP contribution in [0.25, 0.3) is 17.4 Å². The van der Waals surface area contributed by atoms with Crippen molar-refractivity contribution in [3.8, 4) is 0 Å². The van der Waals surface area contributed by atoms with E-state index in [0.717, 1.165) is 16.7 Å². The number of carboxylic acids is 1. The van der Waals surface area contributed by atoms with E-state index in [1.165, 1.54) is 17.4 Å². The largest absolute Gasteiger partial charge is 0.506 e. The first-order chi connectivity index (χ1) is 9.16. The van der Waals surface area contributed by atoms with Gasteiger partial charge in [-0.1, -0.05) is 24.3 Å². The monoisotopic (exact) mass is 270 g/mol. The SMILES string of the molecule is O=C(O)/C=C1/c2ccccc2C=C(O)c2sccc21. The smallest absolute Gasteiger partial charge is 0.328 e. The molecule has 0 fully saturated rings. The minimum Gasteiger partial charge on any atom is -0.506 e. The third-order valence-electron chi connectivity index (χ3n) is 3.00. The highest BCUT2D eigenvalue weighted by atomic mass is 32.1. The summed E-state index contributed by atoms with van der Waals surface area (Å²) in [6.45, 7) is 0. The molecule has 3 rings (SSSR count). The van der Waals surface area contributed by atoms with Crippen molar-refractivity contribution in [3.05, 3.63) is 63.4 Å². The molecule has 0 saturated carbocycles. The fraction of sp³-hybridized carbons (Fsp3) is 0. The summed E-state index contributed by atoms with van der Waals surface area (Å²) in [6, 6.07) is 9.27. The minimum absolute atomic E-state index is 0.172. The quantitative estimate of drug-likeness (QED) is 0.778. The van der Waals surface area contributed by atoms with Crippen LogP contribution in [-0.4, -0.2) is 16.2 Å². The van der Waals surface area contributed by atoms with E-state index in [9.17, 15) is 9.90 Å². The molecule has 0 aliphatic heterocycles. The van der Waals surface area contributed by atoms with Crippen LogP contribution in [0.2, 0.25) is 0 Å². The van der Waals surface area contributed by atoms with E-state index < -0.39 is 5.97 Å². The van der Waals surface area contributed by atoms with Gasteiger partial charge in [0.15, 0.2) is 0 Å². The average Bonchev–Trinajstić information content (AvgIpc) is 2.82. The van der Waals surface area contributed by atoms with Crippen LogP contribution in [0.15, 0.2) is 41.8 Å². The molecule has 1 aromatic heterocycles. The van der Waals surface area contributed by atoms with Gasteiger partial charge in [-0.2, -0.15) is 0 Å². The first kappa shape index (κ1) is 11.7. The zero-order chi connectivity index (χ0) is 13.4. The minimum atomic E-state index is -0.997. The lowest BCUT2D eigenvalue weighted by molar-refractivity contribution is -0.131. The van der Waals surface area contributed by atoms with E-state index in [-0.39, 0.29) is 5.76 Å². The second kappa shape index (κ2) is 4.40. The first-order valence-electron chi connectivity index (χ1n) is 5.70. The molecule has 2 N–H and O–H groups in total. The molecule has 0 radical (unpaired) electrons. The average molecular weight is 270 g/mol. The number of hydrogen-bond donors (Lipinski definition) is 2. The van der Waals surface area contributed by atoms with E-state index in [0.29, 0.717) is 10.5 Å². The lowest BCUT2D eigenvalue weighted by Gasteiger charge is -2.07. The Bertz CT molecular complexity index is 722. The van der Waals surface area contributed by atoms with Crippen molar-refractivity contribution in [1.29, 1.82) is 0 Å². The Hall–Kier alpha value is -2.33. The number of thiophene rings is 1. The van der Waals surface area contributed by atoms with Crippen molar-refractivity contribution in [2.24, 2.45) is 0 Å². The van der Waals surface area contributed by atoms with Crippen LogP contribution in [0.4, 0.5) is 0 Å². The van der Waals surface area contributed by atoms with Crippen LogP contribution in [0.5, 0.6) is 0 Å². The van der Waals surface area contributed by atoms with Gasteiger partial charge in [-0.05, 0) is 34.2 Å². The lowest BCUT2D eigenvalue weighted by Crippen LogP contribution is -1.95. The van der Waals surface area contributed by atoms with E-state index in [4.69, 9.17) is 5.11 Å². The Morgan fingerprint density at radius 2 is 1.95 bits per heavy atom. The van der Waals surface area contributed by atoms with Crippen LogP contribution in [0.1, 0.15) is 21.6 Å². The maximum Gasteiger partial charge on any atom is 0.328 e. The number of carboxylic acid groups (broad SMARTS) is 1. The molecule has 1 aromatic carbocycles. The number of carbonyl (C=O) groups is 1. The number of fused-ring (bicyclic) bond motifs is 2. The number of benzene rings is 1. The van der Waals surface area contributed by atoms with E-state index in [1.54, 1.807) is 6.08 Å². The van der Waals surface area contributed by atoms with Gasteiger partial charge >= 0.3 is 5.97 Å². The summed E-state index contributed by atoms with van der Waals surface area (Å²) in [7, 11) is 0. The molecule has 1 aliphatic rings. The summed E-state index contributed by atoms with van der Waals surface area (Å²) >= 11 is 1.40. The number of aliphatic hydroxyl groups excluding tert-OH is 1. The number of aliphatic carboxylic acids is 1. The summed E-state index contributed by atoms with van der Waals surface area (Å²) in [4.78, 5) is 11.7. The predicted molar refractivity (Wildman–Crippen MR) is 76.0 cm³/mol. The lowest BCUT2D eigenvalue weighted by atomic mass is 9.96. The van der Waals surface area contributed by atoms with E-state index in [1.807, 2.05) is 35.7 Å². The van der Waals surface area contributed by atoms with Crippen LogP contribution in [0, 0.1) is 0 Å². The molecule has 0 bridgehead atoms. The van der Waals surface area contributed by atoms with Crippen molar-refractivity contribution >= 4 is 34.7 Å². The highest BCUT2D eigenvalue weighted by molar-refractivity contribution is 7.11. The fourth-order valence-corrected chi connectivity index (χ4v) is 3.05. The van der Waals surface area contributed by atoms with Gasteiger partial charge in [0, 0.05) is 11.6 Å². The zero-order valence-electron chi connectivity index (χ0n) is 9.83. The van der Waals surface area contributed by atoms with E-state index in [2.05, 4.69) is 0 Å². The van der Waals surface area contributed by atoms with Gasteiger partial charge in [0.2, 0.25) is 0 Å². The molecule has 4 heteroatoms. The van der Waals surface area contributed by atoms with Gasteiger partial charge in [0.05, 0.1) is 4.88 Å². The van der Waals surface area contributed by atoms with Gasteiger partial charge in [-0.3, -0.25) is 0 Å². The fourth-order valence-electron chi connectivity index (χ4n) is 2.22. The Balaban J connectivity index is 2.36. The number of aliphatic hydroxyl groups is 1. The summed E-state index contributed by atoms with van der Waals surface area (Å²) in [5.41, 5.74) is 3.01. The maximum atomic E-state index is 11.1. The first-order valence-corrected chi connectivity index (χ1v) is 6.57. The molecule has 0 spiro atoms. The molecular formula is C15H10O3S. The van der Waals surface area contributed by atoms with Crippen molar-refractivity contribution in [2.45, 2.75) is 0 Å². The zero-order valence-corrected chi connectivity index (χ0v) is 10.6. The van der Waals surface area contributed by atoms with Crippen molar-refractivity contribution in [1.82, 2.24) is 0 Å². The molecule has 0 unspecified atom stereocenters. The van der Waals surface area contributed by atoms with Gasteiger partial charge in [0.25, 0.3) is 0 Å². The summed E-state index contributed by atoms with van der Waals surface area (Å²) in [6.07, 6.45) is 2.87. The molecule has 3 nitrogen and oxygen atoms in total. The number of hydrogen-bond acceptors (Lipinski definition) is 3. The molecule has 94 valence electrons. The van der Waals surface area contributed by atoms with Gasteiger partial charge in [-0.15, -0.1) is 11.3 Å². The molecule has 2 aromatic rings. The molecular weight excluding hydrogens is 260 g/mol.